The van der Waals surface area contributed by atoms with E-state index in [1.165, 1.54) is 9.18 Å². The number of hydrogen-bond acceptors (Lipinski definition) is 5. The molecule has 0 amide bonds. The molecule has 29 heavy (non-hydrogen) atoms. The molecule has 1 aromatic heterocycles. The zero-order chi connectivity index (χ0) is 20.9. The van der Waals surface area contributed by atoms with Crippen molar-refractivity contribution in [3.05, 3.63) is 40.6 Å². The molecule has 1 aliphatic rings. The third-order valence-corrected chi connectivity index (χ3v) is 8.18. The van der Waals surface area contributed by atoms with Crippen LogP contribution >= 0.6 is 23.6 Å². The van der Waals surface area contributed by atoms with E-state index in [-0.39, 0.29) is 4.90 Å². The van der Waals surface area contributed by atoms with Crippen molar-refractivity contribution in [1.82, 2.24) is 9.62 Å². The number of rotatable bonds is 8. The third kappa shape index (κ3) is 5.28. The molecule has 1 saturated heterocycles. The van der Waals surface area contributed by atoms with Gasteiger partial charge in [0.05, 0.1) is 22.8 Å². The SMILES string of the molecule is CCN(CC)S(=O)(=O)c1ccc(N2CCCC2)c(NC(=S)NCc2cccs2)c1. The maximum absolute atomic E-state index is 13.0. The molecule has 6 nitrogen and oxygen atoms in total. The van der Waals surface area contributed by atoms with Crippen molar-refractivity contribution in [3.63, 3.8) is 0 Å². The van der Waals surface area contributed by atoms with Crippen LogP contribution < -0.4 is 15.5 Å². The van der Waals surface area contributed by atoms with E-state index in [1.54, 1.807) is 23.5 Å². The zero-order valence-electron chi connectivity index (χ0n) is 16.8. The van der Waals surface area contributed by atoms with Gasteiger partial charge in [-0.15, -0.1) is 11.3 Å². The smallest absolute Gasteiger partial charge is 0.243 e. The molecule has 1 aliphatic heterocycles. The molecule has 2 aromatic rings. The molecule has 1 aromatic carbocycles. The van der Waals surface area contributed by atoms with E-state index in [0.29, 0.717) is 24.7 Å². The van der Waals surface area contributed by atoms with Gasteiger partial charge in [0.25, 0.3) is 0 Å². The molecule has 9 heteroatoms. The lowest BCUT2D eigenvalue weighted by molar-refractivity contribution is 0.445. The molecular weight excluding hydrogens is 424 g/mol. The lowest BCUT2D eigenvalue weighted by atomic mass is 10.2. The molecule has 0 spiro atoms. The van der Waals surface area contributed by atoms with Gasteiger partial charge >= 0.3 is 0 Å². The normalized spacial score (nSPS) is 14.4. The Hall–Kier alpha value is -1.68. The molecule has 2 heterocycles. The molecule has 0 bridgehead atoms. The van der Waals surface area contributed by atoms with Crippen LogP contribution in [-0.4, -0.2) is 44.0 Å². The van der Waals surface area contributed by atoms with E-state index in [0.717, 1.165) is 37.3 Å². The Morgan fingerprint density at radius 1 is 1.21 bits per heavy atom. The summed E-state index contributed by atoms with van der Waals surface area (Å²) in [6.45, 7) is 7.15. The molecule has 0 aliphatic carbocycles. The molecular formula is C20H28N4O2S3. The number of anilines is 2. The Kier molecular flexibility index (Phi) is 7.50. The average Bonchev–Trinajstić information content (AvgIpc) is 3.41. The Balaban J connectivity index is 1.85. The molecule has 0 atom stereocenters. The molecule has 1 fully saturated rings. The Morgan fingerprint density at radius 2 is 1.93 bits per heavy atom. The maximum atomic E-state index is 13.0. The van der Waals surface area contributed by atoms with Crippen LogP contribution in [0.25, 0.3) is 0 Å². The quantitative estimate of drug-likeness (QED) is 0.593. The van der Waals surface area contributed by atoms with Crippen LogP contribution in [0.1, 0.15) is 31.6 Å². The van der Waals surface area contributed by atoms with Gasteiger partial charge in [0.1, 0.15) is 0 Å². The first-order valence-corrected chi connectivity index (χ1v) is 12.6. The number of benzene rings is 1. The average molecular weight is 453 g/mol. The first-order chi connectivity index (χ1) is 14.0. The van der Waals surface area contributed by atoms with Crippen LogP contribution in [0, 0.1) is 0 Å². The van der Waals surface area contributed by atoms with Gasteiger partial charge in [0.2, 0.25) is 10.0 Å². The van der Waals surface area contributed by atoms with Gasteiger partial charge in [-0.2, -0.15) is 4.31 Å². The number of thiocarbonyl (C=S) groups is 1. The van der Waals surface area contributed by atoms with Crippen LogP contribution in [0.15, 0.2) is 40.6 Å². The van der Waals surface area contributed by atoms with Gasteiger partial charge in [-0.1, -0.05) is 19.9 Å². The molecule has 158 valence electrons. The van der Waals surface area contributed by atoms with Crippen molar-refractivity contribution in [2.45, 2.75) is 38.1 Å². The van der Waals surface area contributed by atoms with Crippen molar-refractivity contribution in [2.75, 3.05) is 36.4 Å². The summed E-state index contributed by atoms with van der Waals surface area (Å²) in [5.74, 6) is 0. The molecule has 3 rings (SSSR count). The fraction of sp³-hybridized carbons (Fsp3) is 0.450. The van der Waals surface area contributed by atoms with Crippen LogP contribution in [0.2, 0.25) is 0 Å². The van der Waals surface area contributed by atoms with Gasteiger partial charge < -0.3 is 15.5 Å². The van der Waals surface area contributed by atoms with E-state index < -0.39 is 10.0 Å². The predicted octanol–water partition coefficient (Wildman–Crippen LogP) is 3.87. The van der Waals surface area contributed by atoms with Crippen LogP contribution in [0.5, 0.6) is 0 Å². The van der Waals surface area contributed by atoms with Crippen LogP contribution in [0.3, 0.4) is 0 Å². The van der Waals surface area contributed by atoms with Crippen molar-refractivity contribution >= 4 is 50.1 Å². The lowest BCUT2D eigenvalue weighted by Crippen LogP contribution is -2.31. The van der Waals surface area contributed by atoms with Gasteiger partial charge in [-0.25, -0.2) is 8.42 Å². The van der Waals surface area contributed by atoms with E-state index in [2.05, 4.69) is 15.5 Å². The summed E-state index contributed by atoms with van der Waals surface area (Å²) in [5, 5.41) is 8.96. The van der Waals surface area contributed by atoms with Gasteiger partial charge in [-0.05, 0) is 54.7 Å². The summed E-state index contributed by atoms with van der Waals surface area (Å²) in [5.41, 5.74) is 1.71. The van der Waals surface area contributed by atoms with Crippen molar-refractivity contribution < 1.29 is 8.42 Å². The highest BCUT2D eigenvalue weighted by Gasteiger charge is 2.24. The minimum Gasteiger partial charge on any atom is -0.370 e. The Bertz CT molecular complexity index is 919. The second-order valence-electron chi connectivity index (χ2n) is 6.85. The number of thiophene rings is 1. The first kappa shape index (κ1) is 22.0. The summed E-state index contributed by atoms with van der Waals surface area (Å²) >= 11 is 7.15. The summed E-state index contributed by atoms with van der Waals surface area (Å²) in [7, 11) is -3.53. The van der Waals surface area contributed by atoms with E-state index >= 15 is 0 Å². The largest absolute Gasteiger partial charge is 0.370 e. The van der Waals surface area contributed by atoms with Gasteiger partial charge in [0.15, 0.2) is 5.11 Å². The summed E-state index contributed by atoms with van der Waals surface area (Å²) in [4.78, 5) is 3.75. The van der Waals surface area contributed by atoms with E-state index in [9.17, 15) is 8.42 Å². The third-order valence-electron chi connectivity index (χ3n) is 5.01. The highest BCUT2D eigenvalue weighted by atomic mass is 32.2. The lowest BCUT2D eigenvalue weighted by Gasteiger charge is -2.24. The minimum absolute atomic E-state index is 0.285. The predicted molar refractivity (Wildman–Crippen MR) is 125 cm³/mol. The standard InChI is InChI=1S/C20H28N4O2S3/c1-3-24(4-2)29(25,26)17-9-10-19(23-11-5-6-12-23)18(14-17)22-20(27)21-15-16-8-7-13-28-16/h7-10,13-14H,3-6,11-12,15H2,1-2H3,(H2,21,22,27). The number of nitrogens with zero attached hydrogens (tertiary/aromatic N) is 2. The minimum atomic E-state index is -3.53. The van der Waals surface area contributed by atoms with Crippen molar-refractivity contribution in [3.8, 4) is 0 Å². The fourth-order valence-electron chi connectivity index (χ4n) is 3.47. The van der Waals surface area contributed by atoms with Crippen LogP contribution in [0.4, 0.5) is 11.4 Å². The summed E-state index contributed by atoms with van der Waals surface area (Å²) in [6, 6.07) is 9.36. The molecule has 0 saturated carbocycles. The second-order valence-corrected chi connectivity index (χ2v) is 10.2. The van der Waals surface area contributed by atoms with Crippen molar-refractivity contribution in [1.29, 1.82) is 0 Å². The maximum Gasteiger partial charge on any atom is 0.243 e. The molecule has 0 radical (unpaired) electrons. The van der Waals surface area contributed by atoms with Gasteiger partial charge in [-0.3, -0.25) is 0 Å². The van der Waals surface area contributed by atoms with Gasteiger partial charge in [0, 0.05) is 31.1 Å². The monoisotopic (exact) mass is 452 g/mol. The number of nitrogens with one attached hydrogen (secondary N) is 2. The first-order valence-electron chi connectivity index (χ1n) is 9.92. The van der Waals surface area contributed by atoms with Crippen LogP contribution in [-0.2, 0) is 16.6 Å². The fourth-order valence-corrected chi connectivity index (χ4v) is 5.78. The van der Waals surface area contributed by atoms with Crippen molar-refractivity contribution in [2.24, 2.45) is 0 Å². The van der Waals surface area contributed by atoms with E-state index in [4.69, 9.17) is 12.2 Å². The molecule has 0 unspecified atom stereocenters. The highest BCUT2D eigenvalue weighted by molar-refractivity contribution is 7.89. The Morgan fingerprint density at radius 3 is 2.55 bits per heavy atom. The Labute approximate surface area is 183 Å². The number of sulfonamides is 1. The summed E-state index contributed by atoms with van der Waals surface area (Å²) in [6.07, 6.45) is 2.28. The second kappa shape index (κ2) is 9.88. The van der Waals surface area contributed by atoms with E-state index in [1.807, 2.05) is 37.4 Å². The topological polar surface area (TPSA) is 64.7 Å². The molecule has 2 N–H and O–H groups in total. The highest BCUT2D eigenvalue weighted by Crippen LogP contribution is 2.32. The summed E-state index contributed by atoms with van der Waals surface area (Å²) < 4.78 is 27.4. The number of hydrogen-bond donors (Lipinski definition) is 2. The zero-order valence-corrected chi connectivity index (χ0v) is 19.3.